The molecule has 4 aromatic rings. The van der Waals surface area contributed by atoms with Gasteiger partial charge in [0.05, 0.1) is 52.2 Å². The number of hydrogen-bond donors (Lipinski definition) is 0. The Bertz CT molecular complexity index is 1900. The van der Waals surface area contributed by atoms with Crippen LogP contribution in [0.15, 0.2) is 86.2 Å². The molecule has 222 valence electrons. The molecule has 1 atom stereocenters. The molecule has 2 heterocycles. The van der Waals surface area contributed by atoms with Gasteiger partial charge in [0.1, 0.15) is 12.4 Å². The van der Waals surface area contributed by atoms with E-state index in [1.165, 1.54) is 23.0 Å². The van der Waals surface area contributed by atoms with Crippen LogP contribution in [0.1, 0.15) is 36.6 Å². The summed E-state index contributed by atoms with van der Waals surface area (Å²) in [4.78, 5) is 32.3. The van der Waals surface area contributed by atoms with Gasteiger partial charge in [0.15, 0.2) is 16.3 Å². The normalized spacial score (nSPS) is 14.7. The van der Waals surface area contributed by atoms with Crippen molar-refractivity contribution in [3.63, 3.8) is 0 Å². The summed E-state index contributed by atoms with van der Waals surface area (Å²) in [6, 6.07) is 17.9. The summed E-state index contributed by atoms with van der Waals surface area (Å²) in [7, 11) is 3.10. The number of methoxy groups -OCH3 is 2. The van der Waals surface area contributed by atoms with Gasteiger partial charge in [-0.2, -0.15) is 0 Å². The Hall–Kier alpha value is -3.86. The number of esters is 1. The van der Waals surface area contributed by atoms with Crippen LogP contribution < -0.4 is 29.1 Å². The lowest BCUT2D eigenvalue weighted by Gasteiger charge is -2.25. The fourth-order valence-electron chi connectivity index (χ4n) is 4.80. The smallest absolute Gasteiger partial charge is 0.338 e. The van der Waals surface area contributed by atoms with Gasteiger partial charge >= 0.3 is 5.97 Å². The first-order valence-electron chi connectivity index (χ1n) is 13.3. The van der Waals surface area contributed by atoms with E-state index in [-0.39, 0.29) is 12.2 Å². The molecule has 0 N–H and O–H groups in total. The number of allylic oxidation sites excluding steroid dienone is 1. The fraction of sp³-hybridized carbons (Fsp3) is 0.219. The molecule has 1 aliphatic heterocycles. The van der Waals surface area contributed by atoms with E-state index in [1.54, 1.807) is 45.2 Å². The number of benzene rings is 3. The monoisotopic (exact) mass is 682 g/mol. The third-order valence-electron chi connectivity index (χ3n) is 6.78. The number of aromatic nitrogens is 1. The van der Waals surface area contributed by atoms with Crippen molar-refractivity contribution < 1.29 is 23.7 Å². The highest BCUT2D eigenvalue weighted by atomic mass is 79.9. The molecule has 0 unspecified atom stereocenters. The zero-order valence-electron chi connectivity index (χ0n) is 23.9. The zero-order chi connectivity index (χ0) is 30.7. The maximum atomic E-state index is 14.0. The van der Waals surface area contributed by atoms with E-state index >= 15 is 0 Å². The third-order valence-corrected chi connectivity index (χ3v) is 8.67. The van der Waals surface area contributed by atoms with Crippen LogP contribution in [0.2, 0.25) is 5.02 Å². The van der Waals surface area contributed by atoms with E-state index in [1.807, 2.05) is 42.5 Å². The van der Waals surface area contributed by atoms with Crippen LogP contribution in [0.3, 0.4) is 0 Å². The van der Waals surface area contributed by atoms with Crippen LogP contribution in [0.5, 0.6) is 17.2 Å². The molecule has 1 aliphatic rings. The van der Waals surface area contributed by atoms with E-state index in [0.29, 0.717) is 65.1 Å². The number of rotatable bonds is 9. The highest BCUT2D eigenvalue weighted by molar-refractivity contribution is 9.10. The van der Waals surface area contributed by atoms with Crippen molar-refractivity contribution in [1.29, 1.82) is 0 Å². The predicted octanol–water partition coefficient (Wildman–Crippen LogP) is 5.81. The number of ether oxygens (including phenoxy) is 4. The molecule has 3 aromatic carbocycles. The molecule has 0 spiro atoms. The number of halogens is 2. The Morgan fingerprint density at radius 2 is 1.84 bits per heavy atom. The minimum Gasteiger partial charge on any atom is -0.496 e. The molecular formula is C32H28BrClN2O6S. The SMILES string of the molecule is CCOC(=O)C1=C(C)N=c2s/c(=C/c3cc(Cl)c(OCc4ccccc4)c(OC)c3)c(=O)n2[C@H]1c1ccc(OC)c(Br)c1. The Morgan fingerprint density at radius 1 is 1.09 bits per heavy atom. The summed E-state index contributed by atoms with van der Waals surface area (Å²) >= 11 is 11.4. The molecule has 0 fully saturated rings. The first kappa shape index (κ1) is 30.6. The van der Waals surface area contributed by atoms with Crippen LogP contribution in [-0.2, 0) is 16.1 Å². The molecule has 11 heteroatoms. The second kappa shape index (κ2) is 13.2. The van der Waals surface area contributed by atoms with E-state index < -0.39 is 12.0 Å². The molecule has 8 nitrogen and oxygen atoms in total. The van der Waals surface area contributed by atoms with E-state index in [4.69, 9.17) is 30.5 Å². The van der Waals surface area contributed by atoms with Crippen LogP contribution in [0.25, 0.3) is 6.08 Å². The Labute approximate surface area is 265 Å². The van der Waals surface area contributed by atoms with Crippen molar-refractivity contribution in [3.8, 4) is 17.2 Å². The van der Waals surface area contributed by atoms with Crippen molar-refractivity contribution in [3.05, 3.63) is 118 Å². The summed E-state index contributed by atoms with van der Waals surface area (Å²) < 4.78 is 25.0. The topological polar surface area (TPSA) is 88.4 Å². The standard InChI is InChI=1S/C32H28BrClN2O6S/c1-5-41-31(38)27-18(2)35-32-36(28(27)21-11-12-24(39-3)22(33)16-21)30(37)26(43-32)15-20-13-23(34)29(25(14-20)40-4)42-17-19-9-7-6-8-10-19/h6-16,28H,5,17H2,1-4H3/b26-15+/t28-/m0/s1. The molecule has 0 saturated heterocycles. The van der Waals surface area contributed by atoms with E-state index in [0.717, 1.165) is 5.56 Å². The van der Waals surface area contributed by atoms with Gasteiger partial charge in [0, 0.05) is 0 Å². The predicted molar refractivity (Wildman–Crippen MR) is 170 cm³/mol. The van der Waals surface area contributed by atoms with Crippen molar-refractivity contribution >= 4 is 50.9 Å². The first-order valence-corrected chi connectivity index (χ1v) is 15.3. The second-order valence-corrected chi connectivity index (χ2v) is 11.8. The highest BCUT2D eigenvalue weighted by Gasteiger charge is 2.33. The average molecular weight is 684 g/mol. The minimum atomic E-state index is -0.758. The van der Waals surface area contributed by atoms with Gasteiger partial charge in [0.2, 0.25) is 0 Å². The number of fused-ring (bicyclic) bond motifs is 1. The summed E-state index contributed by atoms with van der Waals surface area (Å²) in [6.07, 6.45) is 1.73. The highest BCUT2D eigenvalue weighted by Crippen LogP contribution is 2.38. The van der Waals surface area contributed by atoms with E-state index in [9.17, 15) is 9.59 Å². The number of thiazole rings is 1. The van der Waals surface area contributed by atoms with E-state index in [2.05, 4.69) is 20.9 Å². The van der Waals surface area contributed by atoms with Gasteiger partial charge in [-0.15, -0.1) is 0 Å². The fourth-order valence-corrected chi connectivity index (χ4v) is 6.68. The van der Waals surface area contributed by atoms with Crippen molar-refractivity contribution in [2.24, 2.45) is 4.99 Å². The van der Waals surface area contributed by atoms with Gasteiger partial charge in [0.25, 0.3) is 5.56 Å². The van der Waals surface area contributed by atoms with Gasteiger partial charge in [-0.25, -0.2) is 9.79 Å². The lowest BCUT2D eigenvalue weighted by molar-refractivity contribution is -0.139. The number of nitrogens with zero attached hydrogens (tertiary/aromatic N) is 2. The molecular weight excluding hydrogens is 656 g/mol. The first-order chi connectivity index (χ1) is 20.7. The molecule has 5 rings (SSSR count). The van der Waals surface area contributed by atoms with Crippen LogP contribution in [0.4, 0.5) is 0 Å². The summed E-state index contributed by atoms with van der Waals surface area (Å²) in [5.41, 5.74) is 2.79. The van der Waals surface area contributed by atoms with Crippen LogP contribution in [0, 0.1) is 0 Å². The van der Waals surface area contributed by atoms with Gasteiger partial charge in [-0.05, 0) is 76.8 Å². The Kier molecular flexibility index (Phi) is 9.39. The number of carbonyl (C=O) groups excluding carboxylic acids is 1. The van der Waals surface area contributed by atoms with Crippen LogP contribution in [-0.4, -0.2) is 31.4 Å². The largest absolute Gasteiger partial charge is 0.496 e. The van der Waals surface area contributed by atoms with Gasteiger partial charge in [-0.3, -0.25) is 9.36 Å². The van der Waals surface area contributed by atoms with Crippen LogP contribution >= 0.6 is 38.9 Å². The quantitative estimate of drug-likeness (QED) is 0.207. The molecule has 0 saturated carbocycles. The lowest BCUT2D eigenvalue weighted by Crippen LogP contribution is -2.40. The summed E-state index contributed by atoms with van der Waals surface area (Å²) in [5, 5.41) is 0.343. The number of carbonyl (C=O) groups is 1. The van der Waals surface area contributed by atoms with Crippen molar-refractivity contribution in [2.45, 2.75) is 26.5 Å². The van der Waals surface area contributed by atoms with Crippen molar-refractivity contribution in [1.82, 2.24) is 4.57 Å². The molecule has 0 bridgehead atoms. The number of hydrogen-bond acceptors (Lipinski definition) is 8. The maximum Gasteiger partial charge on any atom is 0.338 e. The molecule has 0 amide bonds. The molecule has 0 aliphatic carbocycles. The Morgan fingerprint density at radius 3 is 2.51 bits per heavy atom. The zero-order valence-corrected chi connectivity index (χ0v) is 27.0. The maximum absolute atomic E-state index is 14.0. The third kappa shape index (κ3) is 6.27. The van der Waals surface area contributed by atoms with Gasteiger partial charge < -0.3 is 18.9 Å². The average Bonchev–Trinajstić information content (AvgIpc) is 3.29. The minimum absolute atomic E-state index is 0.187. The molecule has 0 radical (unpaired) electrons. The Balaban J connectivity index is 1.60. The molecule has 43 heavy (non-hydrogen) atoms. The lowest BCUT2D eigenvalue weighted by atomic mass is 9.96. The second-order valence-electron chi connectivity index (χ2n) is 9.50. The van der Waals surface area contributed by atoms with Gasteiger partial charge in [-0.1, -0.05) is 59.3 Å². The van der Waals surface area contributed by atoms with Crippen molar-refractivity contribution in [2.75, 3.05) is 20.8 Å². The summed E-state index contributed by atoms with van der Waals surface area (Å²) in [6.45, 7) is 3.98. The molecule has 1 aromatic heterocycles. The summed E-state index contributed by atoms with van der Waals surface area (Å²) in [5.74, 6) is 0.935.